The number of aliphatic hydroxyl groups is 1. The summed E-state index contributed by atoms with van der Waals surface area (Å²) in [5.74, 6) is 0.818. The van der Waals surface area contributed by atoms with Crippen molar-refractivity contribution in [2.45, 2.75) is 19.4 Å². The molecule has 1 aromatic carbocycles. The van der Waals surface area contributed by atoms with Crippen LogP contribution in [-0.2, 0) is 0 Å². The fourth-order valence-electron chi connectivity index (χ4n) is 1.64. The van der Waals surface area contributed by atoms with Crippen molar-refractivity contribution in [2.75, 3.05) is 6.61 Å². The van der Waals surface area contributed by atoms with Crippen molar-refractivity contribution in [3.05, 3.63) is 50.6 Å². The molecule has 0 spiro atoms. The summed E-state index contributed by atoms with van der Waals surface area (Å²) in [6.45, 7) is 2.77. The number of aliphatic hydroxyl groups excluding tert-OH is 1. The average Bonchev–Trinajstić information content (AvgIpc) is 2.90. The predicted octanol–water partition coefficient (Wildman–Crippen LogP) is 4.38. The van der Waals surface area contributed by atoms with Crippen LogP contribution in [0.15, 0.2) is 39.5 Å². The van der Waals surface area contributed by atoms with Crippen molar-refractivity contribution >= 4 is 27.3 Å². The van der Waals surface area contributed by atoms with E-state index < -0.39 is 6.10 Å². The van der Waals surface area contributed by atoms with E-state index in [1.807, 2.05) is 35.0 Å². The molecule has 0 radical (unpaired) electrons. The SMILES string of the molecule is CCCOc1ccc(C(O)c2ccsc2)cc1Br. The smallest absolute Gasteiger partial charge is 0.133 e. The quantitative estimate of drug-likeness (QED) is 0.883. The molecule has 0 amide bonds. The van der Waals surface area contributed by atoms with Gasteiger partial charge < -0.3 is 9.84 Å². The van der Waals surface area contributed by atoms with Crippen LogP contribution in [0.25, 0.3) is 0 Å². The number of rotatable bonds is 5. The maximum atomic E-state index is 10.2. The topological polar surface area (TPSA) is 29.5 Å². The third-order valence-corrected chi connectivity index (χ3v) is 3.91. The van der Waals surface area contributed by atoms with Gasteiger partial charge in [0.15, 0.2) is 0 Å². The molecule has 0 aliphatic heterocycles. The van der Waals surface area contributed by atoms with Crippen LogP contribution in [-0.4, -0.2) is 11.7 Å². The lowest BCUT2D eigenvalue weighted by atomic mass is 10.0. The lowest BCUT2D eigenvalue weighted by molar-refractivity contribution is 0.220. The molecule has 0 saturated heterocycles. The highest BCUT2D eigenvalue weighted by Crippen LogP contribution is 2.31. The largest absolute Gasteiger partial charge is 0.492 e. The van der Waals surface area contributed by atoms with Gasteiger partial charge in [0.1, 0.15) is 11.9 Å². The van der Waals surface area contributed by atoms with Gasteiger partial charge in [-0.25, -0.2) is 0 Å². The monoisotopic (exact) mass is 326 g/mol. The van der Waals surface area contributed by atoms with Crippen molar-refractivity contribution in [1.29, 1.82) is 0 Å². The van der Waals surface area contributed by atoms with E-state index in [0.29, 0.717) is 6.61 Å². The second-order valence-electron chi connectivity index (χ2n) is 4.00. The second kappa shape index (κ2) is 6.36. The summed E-state index contributed by atoms with van der Waals surface area (Å²) in [5, 5.41) is 14.1. The summed E-state index contributed by atoms with van der Waals surface area (Å²) in [4.78, 5) is 0. The molecule has 1 aromatic heterocycles. The zero-order chi connectivity index (χ0) is 13.0. The summed E-state index contributed by atoms with van der Waals surface area (Å²) in [6.07, 6.45) is 0.402. The van der Waals surface area contributed by atoms with Crippen LogP contribution in [0.1, 0.15) is 30.6 Å². The normalized spacial score (nSPS) is 12.4. The fraction of sp³-hybridized carbons (Fsp3) is 0.286. The van der Waals surface area contributed by atoms with Gasteiger partial charge in [-0.2, -0.15) is 11.3 Å². The summed E-state index contributed by atoms with van der Waals surface area (Å²) in [7, 11) is 0. The number of halogens is 1. The maximum absolute atomic E-state index is 10.2. The fourth-order valence-corrected chi connectivity index (χ4v) is 2.83. The summed E-state index contributed by atoms with van der Waals surface area (Å²) in [6, 6.07) is 7.64. The molecule has 0 saturated carbocycles. The molecule has 0 bridgehead atoms. The molecule has 1 heterocycles. The van der Waals surface area contributed by atoms with E-state index in [1.165, 1.54) is 0 Å². The molecule has 0 aliphatic rings. The Balaban J connectivity index is 2.18. The van der Waals surface area contributed by atoms with Crippen LogP contribution < -0.4 is 4.74 Å². The standard InChI is InChI=1S/C14H15BrO2S/c1-2-6-17-13-4-3-10(8-12(13)15)14(16)11-5-7-18-9-11/h3-5,7-9,14,16H,2,6H2,1H3. The van der Waals surface area contributed by atoms with E-state index in [9.17, 15) is 5.11 Å². The Morgan fingerprint density at radius 2 is 2.17 bits per heavy atom. The van der Waals surface area contributed by atoms with Crippen LogP contribution >= 0.6 is 27.3 Å². The Morgan fingerprint density at radius 3 is 2.78 bits per heavy atom. The van der Waals surface area contributed by atoms with Crippen LogP contribution in [0.4, 0.5) is 0 Å². The van der Waals surface area contributed by atoms with E-state index in [4.69, 9.17) is 4.74 Å². The van der Waals surface area contributed by atoms with Crippen LogP contribution in [0, 0.1) is 0 Å². The zero-order valence-electron chi connectivity index (χ0n) is 10.1. The molecule has 18 heavy (non-hydrogen) atoms. The molecule has 1 atom stereocenters. The first kappa shape index (κ1) is 13.6. The number of benzene rings is 1. The van der Waals surface area contributed by atoms with E-state index in [1.54, 1.807) is 11.3 Å². The molecule has 2 rings (SSSR count). The molecule has 0 aliphatic carbocycles. The minimum atomic E-state index is -0.576. The Labute approximate surface area is 119 Å². The van der Waals surface area contributed by atoms with E-state index in [2.05, 4.69) is 22.9 Å². The Bertz CT molecular complexity index is 497. The first-order valence-corrected chi connectivity index (χ1v) is 7.58. The molecule has 2 nitrogen and oxygen atoms in total. The first-order chi connectivity index (χ1) is 8.72. The van der Waals surface area contributed by atoms with Crippen molar-refractivity contribution in [2.24, 2.45) is 0 Å². The van der Waals surface area contributed by atoms with Gasteiger partial charge in [0.05, 0.1) is 11.1 Å². The third kappa shape index (κ3) is 3.13. The predicted molar refractivity (Wildman–Crippen MR) is 78.3 cm³/mol. The Morgan fingerprint density at radius 1 is 1.33 bits per heavy atom. The Kier molecular flexibility index (Phi) is 4.80. The van der Waals surface area contributed by atoms with E-state index >= 15 is 0 Å². The first-order valence-electron chi connectivity index (χ1n) is 5.84. The number of ether oxygens (including phenoxy) is 1. The minimum Gasteiger partial charge on any atom is -0.492 e. The Hall–Kier alpha value is -0.840. The van der Waals surface area contributed by atoms with Gasteiger partial charge >= 0.3 is 0 Å². The van der Waals surface area contributed by atoms with Gasteiger partial charge in [-0.15, -0.1) is 0 Å². The van der Waals surface area contributed by atoms with Gasteiger partial charge in [0, 0.05) is 0 Å². The maximum Gasteiger partial charge on any atom is 0.133 e. The molecular formula is C14H15BrO2S. The minimum absolute atomic E-state index is 0.576. The molecule has 1 unspecified atom stereocenters. The number of hydrogen-bond acceptors (Lipinski definition) is 3. The van der Waals surface area contributed by atoms with Crippen LogP contribution in [0.5, 0.6) is 5.75 Å². The van der Waals surface area contributed by atoms with Gasteiger partial charge in [-0.05, 0) is 62.4 Å². The van der Waals surface area contributed by atoms with Crippen LogP contribution in [0.2, 0.25) is 0 Å². The zero-order valence-corrected chi connectivity index (χ0v) is 12.5. The summed E-state index contributed by atoms with van der Waals surface area (Å²) in [5.41, 5.74) is 1.79. The highest BCUT2D eigenvalue weighted by Gasteiger charge is 2.12. The van der Waals surface area contributed by atoms with Gasteiger partial charge in [-0.1, -0.05) is 13.0 Å². The molecule has 2 aromatic rings. The highest BCUT2D eigenvalue weighted by molar-refractivity contribution is 9.10. The summed E-state index contributed by atoms with van der Waals surface area (Å²) >= 11 is 5.06. The molecule has 1 N–H and O–H groups in total. The number of thiophene rings is 1. The van der Waals surface area contributed by atoms with Gasteiger partial charge in [0.25, 0.3) is 0 Å². The summed E-state index contributed by atoms with van der Waals surface area (Å²) < 4.78 is 6.46. The van der Waals surface area contributed by atoms with Gasteiger partial charge in [0.2, 0.25) is 0 Å². The average molecular weight is 327 g/mol. The van der Waals surface area contributed by atoms with Gasteiger partial charge in [-0.3, -0.25) is 0 Å². The third-order valence-electron chi connectivity index (χ3n) is 2.59. The molecule has 0 fully saturated rings. The van der Waals surface area contributed by atoms with Crippen molar-refractivity contribution < 1.29 is 9.84 Å². The molecule has 96 valence electrons. The number of hydrogen-bond donors (Lipinski definition) is 1. The van der Waals surface area contributed by atoms with E-state index in [-0.39, 0.29) is 0 Å². The lowest BCUT2D eigenvalue weighted by Gasteiger charge is -2.12. The molecular weight excluding hydrogens is 312 g/mol. The molecule has 4 heteroatoms. The second-order valence-corrected chi connectivity index (χ2v) is 5.63. The van der Waals surface area contributed by atoms with Crippen molar-refractivity contribution in [3.8, 4) is 5.75 Å². The lowest BCUT2D eigenvalue weighted by Crippen LogP contribution is -2.00. The van der Waals surface area contributed by atoms with E-state index in [0.717, 1.165) is 27.8 Å². The van der Waals surface area contributed by atoms with Crippen molar-refractivity contribution in [3.63, 3.8) is 0 Å². The van der Waals surface area contributed by atoms with Crippen molar-refractivity contribution in [1.82, 2.24) is 0 Å². The van der Waals surface area contributed by atoms with Crippen LogP contribution in [0.3, 0.4) is 0 Å². The highest BCUT2D eigenvalue weighted by atomic mass is 79.9.